The molecule has 0 spiro atoms. The van der Waals surface area contributed by atoms with Gasteiger partial charge in [0.25, 0.3) is 0 Å². The first-order chi connectivity index (χ1) is 7.62. The van der Waals surface area contributed by atoms with E-state index >= 15 is 0 Å². The van der Waals surface area contributed by atoms with Crippen molar-refractivity contribution in [3.8, 4) is 0 Å². The molecule has 0 bridgehead atoms. The summed E-state index contributed by atoms with van der Waals surface area (Å²) in [6.07, 6.45) is 0. The van der Waals surface area contributed by atoms with E-state index in [1.165, 1.54) is 0 Å². The molecule has 0 aromatic heterocycles. The molecule has 0 aliphatic heterocycles. The lowest BCUT2D eigenvalue weighted by Crippen LogP contribution is -2.06. The molecule has 0 aliphatic carbocycles. The van der Waals surface area contributed by atoms with Gasteiger partial charge in [-0.05, 0) is 47.2 Å². The number of benzene rings is 1. The van der Waals surface area contributed by atoms with Crippen LogP contribution in [0.2, 0.25) is 0 Å². The molecule has 0 heterocycles. The summed E-state index contributed by atoms with van der Waals surface area (Å²) >= 11 is 23.9. The molecule has 0 aliphatic rings. The van der Waals surface area contributed by atoms with Gasteiger partial charge in [0, 0.05) is 23.5 Å². The lowest BCUT2D eigenvalue weighted by molar-refractivity contribution is 1.08. The predicted octanol–water partition coefficient (Wildman–Crippen LogP) is 5.26. The molecular formula is C12H14Cl4. The summed E-state index contributed by atoms with van der Waals surface area (Å²) in [5, 5.41) is 0. The molecule has 1 aromatic carbocycles. The number of hydrogen-bond donors (Lipinski definition) is 0. The third-order valence-corrected chi connectivity index (χ3v) is 4.14. The first-order valence-corrected chi connectivity index (χ1v) is 7.12. The summed E-state index contributed by atoms with van der Waals surface area (Å²) in [5.74, 6) is 1.81. The van der Waals surface area contributed by atoms with Crippen LogP contribution in [0.3, 0.4) is 0 Å². The van der Waals surface area contributed by atoms with E-state index in [4.69, 9.17) is 46.4 Å². The lowest BCUT2D eigenvalue weighted by Gasteiger charge is -2.20. The Hall–Kier alpha value is 0.380. The molecule has 0 saturated carbocycles. The Bertz CT molecular complexity index is 354. The topological polar surface area (TPSA) is 0 Å². The van der Waals surface area contributed by atoms with E-state index < -0.39 is 0 Å². The van der Waals surface area contributed by atoms with Crippen molar-refractivity contribution in [2.45, 2.75) is 37.4 Å². The largest absolute Gasteiger partial charge is 0.122 e. The van der Waals surface area contributed by atoms with Gasteiger partial charge in [-0.3, -0.25) is 0 Å². The van der Waals surface area contributed by atoms with E-state index in [9.17, 15) is 0 Å². The third-order valence-electron chi connectivity index (χ3n) is 3.07. The van der Waals surface area contributed by atoms with Gasteiger partial charge >= 0.3 is 0 Å². The Kier molecular flexibility index (Phi) is 5.73. The monoisotopic (exact) mass is 298 g/mol. The Labute approximate surface area is 117 Å². The van der Waals surface area contributed by atoms with Crippen LogP contribution >= 0.6 is 46.4 Å². The molecular weight excluding hydrogens is 286 g/mol. The highest BCUT2D eigenvalue weighted by atomic mass is 35.5. The molecule has 0 radical (unpaired) electrons. The average Bonchev–Trinajstić information content (AvgIpc) is 2.29. The van der Waals surface area contributed by atoms with E-state index in [-0.39, 0.29) is 0 Å². The highest BCUT2D eigenvalue weighted by molar-refractivity contribution is 6.20. The quantitative estimate of drug-likeness (QED) is 0.665. The van der Waals surface area contributed by atoms with Crippen LogP contribution < -0.4 is 0 Å². The Morgan fingerprint density at radius 1 is 0.562 bits per heavy atom. The van der Waals surface area contributed by atoms with Gasteiger partial charge in [-0.1, -0.05) is 0 Å². The fourth-order valence-corrected chi connectivity index (χ4v) is 3.45. The molecule has 1 aromatic rings. The first-order valence-electron chi connectivity index (χ1n) is 4.98. The molecule has 0 saturated heterocycles. The summed E-state index contributed by atoms with van der Waals surface area (Å²) in [5.41, 5.74) is 6.64. The lowest BCUT2D eigenvalue weighted by atomic mass is 9.90. The van der Waals surface area contributed by atoms with Crippen molar-refractivity contribution in [2.24, 2.45) is 0 Å². The van der Waals surface area contributed by atoms with Gasteiger partial charge in [0.1, 0.15) is 0 Å². The van der Waals surface area contributed by atoms with Gasteiger partial charge in [0.2, 0.25) is 0 Å². The van der Waals surface area contributed by atoms with Gasteiger partial charge in [-0.25, -0.2) is 0 Å². The maximum Gasteiger partial charge on any atom is 0.0480 e. The minimum Gasteiger partial charge on any atom is -0.122 e. The van der Waals surface area contributed by atoms with Crippen molar-refractivity contribution in [3.05, 3.63) is 33.4 Å². The second-order valence-electron chi connectivity index (χ2n) is 3.70. The maximum absolute atomic E-state index is 5.98. The van der Waals surface area contributed by atoms with Crippen LogP contribution in [0.4, 0.5) is 0 Å². The van der Waals surface area contributed by atoms with Crippen molar-refractivity contribution in [1.82, 2.24) is 0 Å². The van der Waals surface area contributed by atoms with Crippen LogP contribution in [0.15, 0.2) is 0 Å². The van der Waals surface area contributed by atoms with Crippen molar-refractivity contribution in [1.29, 1.82) is 0 Å². The number of halogens is 4. The Balaban J connectivity index is 3.61. The maximum atomic E-state index is 5.98. The van der Waals surface area contributed by atoms with E-state index in [1.54, 1.807) is 0 Å². The van der Waals surface area contributed by atoms with Crippen LogP contribution in [0.5, 0.6) is 0 Å². The number of hydrogen-bond acceptors (Lipinski definition) is 0. The Morgan fingerprint density at radius 2 is 0.875 bits per heavy atom. The van der Waals surface area contributed by atoms with Crippen molar-refractivity contribution in [3.63, 3.8) is 0 Å². The summed E-state index contributed by atoms with van der Waals surface area (Å²) in [4.78, 5) is 0. The second kappa shape index (κ2) is 6.35. The first kappa shape index (κ1) is 14.4. The summed E-state index contributed by atoms with van der Waals surface area (Å²) in [7, 11) is 0. The normalized spacial score (nSPS) is 10.9. The fourth-order valence-electron chi connectivity index (χ4n) is 2.00. The highest BCUT2D eigenvalue weighted by Crippen LogP contribution is 2.32. The van der Waals surface area contributed by atoms with Crippen LogP contribution in [-0.4, -0.2) is 0 Å². The SMILES string of the molecule is Cc1c(CCl)c(C)c(CCl)c(CCl)c1CCl. The van der Waals surface area contributed by atoms with E-state index in [1.807, 2.05) is 13.8 Å². The van der Waals surface area contributed by atoms with Crippen molar-refractivity contribution < 1.29 is 0 Å². The molecule has 0 unspecified atom stereocenters. The van der Waals surface area contributed by atoms with Gasteiger partial charge < -0.3 is 0 Å². The van der Waals surface area contributed by atoms with Gasteiger partial charge in [0.05, 0.1) is 0 Å². The van der Waals surface area contributed by atoms with Gasteiger partial charge in [-0.15, -0.1) is 46.4 Å². The van der Waals surface area contributed by atoms with Crippen LogP contribution in [0, 0.1) is 13.8 Å². The van der Waals surface area contributed by atoms with Gasteiger partial charge in [-0.2, -0.15) is 0 Å². The summed E-state index contributed by atoms with van der Waals surface area (Å²) in [6.45, 7) is 4.08. The molecule has 0 fully saturated rings. The standard InChI is InChI=1S/C12H14Cl4/c1-7-9(3-13)8(2)11(5-15)12(6-16)10(7)4-14/h3-6H2,1-2H3. The highest BCUT2D eigenvalue weighted by Gasteiger charge is 2.17. The Morgan fingerprint density at radius 3 is 1.12 bits per heavy atom. The molecule has 0 N–H and O–H groups in total. The van der Waals surface area contributed by atoms with E-state index in [0.29, 0.717) is 23.5 Å². The van der Waals surface area contributed by atoms with Crippen molar-refractivity contribution >= 4 is 46.4 Å². The number of rotatable bonds is 4. The zero-order chi connectivity index (χ0) is 12.3. The van der Waals surface area contributed by atoms with Crippen LogP contribution in [0.25, 0.3) is 0 Å². The summed E-state index contributed by atoms with van der Waals surface area (Å²) in [6, 6.07) is 0. The molecule has 4 heteroatoms. The molecule has 0 nitrogen and oxygen atoms in total. The summed E-state index contributed by atoms with van der Waals surface area (Å²) < 4.78 is 0. The minimum absolute atomic E-state index is 0.439. The van der Waals surface area contributed by atoms with Crippen molar-refractivity contribution in [2.75, 3.05) is 0 Å². The van der Waals surface area contributed by atoms with E-state index in [0.717, 1.165) is 33.4 Å². The van der Waals surface area contributed by atoms with Crippen LogP contribution in [-0.2, 0) is 23.5 Å². The van der Waals surface area contributed by atoms with Gasteiger partial charge in [0.15, 0.2) is 0 Å². The molecule has 16 heavy (non-hydrogen) atoms. The zero-order valence-corrected chi connectivity index (χ0v) is 12.4. The molecule has 90 valence electrons. The predicted molar refractivity (Wildman–Crippen MR) is 74.1 cm³/mol. The fraction of sp³-hybridized carbons (Fsp3) is 0.500. The van der Waals surface area contributed by atoms with E-state index in [2.05, 4.69) is 0 Å². The smallest absolute Gasteiger partial charge is 0.0480 e. The third kappa shape index (κ3) is 2.46. The molecule has 0 amide bonds. The zero-order valence-electron chi connectivity index (χ0n) is 9.34. The second-order valence-corrected chi connectivity index (χ2v) is 4.77. The molecule has 1 rings (SSSR count). The van der Waals surface area contributed by atoms with Crippen LogP contribution in [0.1, 0.15) is 33.4 Å². The minimum atomic E-state index is 0.439. The number of alkyl halides is 4. The molecule has 0 atom stereocenters. The average molecular weight is 300 g/mol.